The van der Waals surface area contributed by atoms with Crippen LogP contribution in [-0.4, -0.2) is 46.2 Å². The van der Waals surface area contributed by atoms with Gasteiger partial charge in [-0.2, -0.15) is 0 Å². The molecule has 1 saturated heterocycles. The molecule has 28 heavy (non-hydrogen) atoms. The zero-order chi connectivity index (χ0) is 20.1. The molecule has 0 bridgehead atoms. The highest BCUT2D eigenvalue weighted by atomic mass is 32.2. The van der Waals surface area contributed by atoms with E-state index in [2.05, 4.69) is 20.2 Å². The molecule has 3 rings (SSSR count). The Morgan fingerprint density at radius 1 is 1.25 bits per heavy atom. The predicted molar refractivity (Wildman–Crippen MR) is 105 cm³/mol. The number of nitrogens with two attached hydrogens (primary N) is 1. The Bertz CT molecular complexity index is 915. The van der Waals surface area contributed by atoms with E-state index in [0.717, 1.165) is 43.6 Å². The third-order valence-corrected chi connectivity index (χ3v) is 5.29. The van der Waals surface area contributed by atoms with Crippen molar-refractivity contribution in [1.82, 2.24) is 14.9 Å². The molecule has 10 heteroatoms. The minimum Gasteiger partial charge on any atom is -0.382 e. The number of halogens is 2. The molecular weight excluding hydrogens is 388 g/mol. The van der Waals surface area contributed by atoms with Crippen molar-refractivity contribution in [2.75, 3.05) is 36.4 Å². The van der Waals surface area contributed by atoms with Gasteiger partial charge in [-0.3, -0.25) is 14.6 Å². The number of likely N-dealkylation sites (tertiary alicyclic amines) is 1. The number of benzene rings is 1. The molecule has 0 radical (unpaired) electrons. The number of nitrogens with one attached hydrogen (secondary N) is 2. The summed E-state index contributed by atoms with van der Waals surface area (Å²) in [5.74, 6) is -2.40. The lowest BCUT2D eigenvalue weighted by molar-refractivity contribution is 0.102. The van der Waals surface area contributed by atoms with Gasteiger partial charge in [0.15, 0.2) is 22.6 Å². The van der Waals surface area contributed by atoms with E-state index in [1.54, 1.807) is 0 Å². The van der Waals surface area contributed by atoms with Crippen LogP contribution in [0.15, 0.2) is 28.2 Å². The van der Waals surface area contributed by atoms with Crippen LogP contribution in [0.1, 0.15) is 29.6 Å². The number of thioether (sulfide) groups is 1. The number of carbonyl (C=O) groups is 1. The fraction of sp³-hybridized carbons (Fsp3) is 0.389. The van der Waals surface area contributed by atoms with Crippen molar-refractivity contribution in [3.63, 3.8) is 0 Å². The summed E-state index contributed by atoms with van der Waals surface area (Å²) in [6.45, 7) is 3.06. The molecule has 1 aromatic heterocycles. The summed E-state index contributed by atoms with van der Waals surface area (Å²) in [6, 6.07) is 2.68. The van der Waals surface area contributed by atoms with Gasteiger partial charge in [0.25, 0.3) is 11.5 Å². The molecule has 1 aliphatic heterocycles. The first-order valence-electron chi connectivity index (χ1n) is 8.95. The highest BCUT2D eigenvalue weighted by Gasteiger charge is 2.16. The van der Waals surface area contributed by atoms with Gasteiger partial charge in [-0.1, -0.05) is 18.2 Å². The van der Waals surface area contributed by atoms with Crippen LogP contribution in [0, 0.1) is 11.6 Å². The SMILES string of the molecule is Nc1nc(SCCN2CCCCC2)[nH]c(=O)c1NC(=O)c1ccc(F)c(F)c1. The molecular formula is C18H21F2N5O2S. The van der Waals surface area contributed by atoms with Gasteiger partial charge in [0.05, 0.1) is 0 Å². The van der Waals surface area contributed by atoms with Gasteiger partial charge in [0.2, 0.25) is 0 Å². The van der Waals surface area contributed by atoms with Crippen molar-refractivity contribution in [1.29, 1.82) is 0 Å². The number of carbonyl (C=O) groups excluding carboxylic acids is 1. The number of rotatable bonds is 6. The molecule has 2 aromatic rings. The number of hydrogen-bond donors (Lipinski definition) is 3. The minimum atomic E-state index is -1.16. The van der Waals surface area contributed by atoms with Crippen LogP contribution in [0.2, 0.25) is 0 Å². The molecule has 1 aromatic carbocycles. The Balaban J connectivity index is 1.63. The largest absolute Gasteiger partial charge is 0.382 e. The van der Waals surface area contributed by atoms with E-state index in [9.17, 15) is 18.4 Å². The topological polar surface area (TPSA) is 104 Å². The van der Waals surface area contributed by atoms with Crippen molar-refractivity contribution in [3.05, 3.63) is 45.8 Å². The molecule has 0 aliphatic carbocycles. The average Bonchev–Trinajstić information content (AvgIpc) is 2.67. The van der Waals surface area contributed by atoms with Gasteiger partial charge < -0.3 is 16.0 Å². The maximum atomic E-state index is 13.3. The fourth-order valence-electron chi connectivity index (χ4n) is 2.94. The highest BCUT2D eigenvalue weighted by Crippen LogP contribution is 2.18. The van der Waals surface area contributed by atoms with Crippen LogP contribution in [0.4, 0.5) is 20.3 Å². The van der Waals surface area contributed by atoms with E-state index in [-0.39, 0.29) is 17.1 Å². The van der Waals surface area contributed by atoms with E-state index in [1.165, 1.54) is 31.0 Å². The Kier molecular flexibility index (Phi) is 6.63. The Morgan fingerprint density at radius 3 is 2.68 bits per heavy atom. The molecule has 2 heterocycles. The molecule has 0 unspecified atom stereocenters. The van der Waals surface area contributed by atoms with Crippen LogP contribution >= 0.6 is 11.8 Å². The molecule has 150 valence electrons. The van der Waals surface area contributed by atoms with Crippen LogP contribution in [0.5, 0.6) is 0 Å². The van der Waals surface area contributed by atoms with Gasteiger partial charge in [-0.25, -0.2) is 13.8 Å². The standard InChI is InChI=1S/C18H21F2N5O2S/c19-12-5-4-11(10-13(12)20)16(26)22-14-15(21)23-18(24-17(14)27)28-9-8-25-6-2-1-3-7-25/h4-5,10H,1-3,6-9H2,(H,22,26)(H3,21,23,24,27). The normalized spacial score (nSPS) is 14.8. The Labute approximate surface area is 164 Å². The van der Waals surface area contributed by atoms with Gasteiger partial charge in [0.1, 0.15) is 5.69 Å². The number of aromatic amines is 1. The molecule has 0 spiro atoms. The monoisotopic (exact) mass is 409 g/mol. The van der Waals surface area contributed by atoms with Crippen molar-refractivity contribution in [2.24, 2.45) is 0 Å². The van der Waals surface area contributed by atoms with E-state index in [4.69, 9.17) is 5.73 Å². The number of hydrogen-bond acceptors (Lipinski definition) is 6. The first kappa shape index (κ1) is 20.3. The highest BCUT2D eigenvalue weighted by molar-refractivity contribution is 7.99. The first-order chi connectivity index (χ1) is 13.4. The maximum Gasteiger partial charge on any atom is 0.277 e. The summed E-state index contributed by atoms with van der Waals surface area (Å²) in [6.07, 6.45) is 3.69. The van der Waals surface area contributed by atoms with Crippen molar-refractivity contribution < 1.29 is 13.6 Å². The summed E-state index contributed by atoms with van der Waals surface area (Å²) in [5, 5.41) is 2.67. The van der Waals surface area contributed by atoms with Gasteiger partial charge in [-0.05, 0) is 44.1 Å². The quantitative estimate of drug-likeness (QED) is 0.500. The minimum absolute atomic E-state index is 0.139. The van der Waals surface area contributed by atoms with Crippen LogP contribution in [0.25, 0.3) is 0 Å². The lowest BCUT2D eigenvalue weighted by Gasteiger charge is -2.25. The maximum absolute atomic E-state index is 13.3. The molecule has 0 atom stereocenters. The summed E-state index contributed by atoms with van der Waals surface area (Å²) >= 11 is 1.38. The van der Waals surface area contributed by atoms with E-state index in [0.29, 0.717) is 5.16 Å². The third-order valence-electron chi connectivity index (χ3n) is 4.44. The zero-order valence-corrected chi connectivity index (χ0v) is 16.0. The first-order valence-corrected chi connectivity index (χ1v) is 9.94. The number of nitrogens with zero attached hydrogens (tertiary/aromatic N) is 2. The van der Waals surface area contributed by atoms with Crippen molar-refractivity contribution in [3.8, 4) is 0 Å². The number of nitrogen functional groups attached to an aromatic ring is 1. The van der Waals surface area contributed by atoms with Gasteiger partial charge in [0, 0.05) is 17.9 Å². The zero-order valence-electron chi connectivity index (χ0n) is 15.1. The molecule has 4 N–H and O–H groups in total. The van der Waals surface area contributed by atoms with E-state index < -0.39 is 23.1 Å². The third kappa shape index (κ3) is 5.08. The van der Waals surface area contributed by atoms with Gasteiger partial charge >= 0.3 is 0 Å². The van der Waals surface area contributed by atoms with Crippen molar-refractivity contribution in [2.45, 2.75) is 24.4 Å². The van der Waals surface area contributed by atoms with E-state index >= 15 is 0 Å². The fourth-order valence-corrected chi connectivity index (χ4v) is 3.81. The smallest absolute Gasteiger partial charge is 0.277 e. The number of aromatic nitrogens is 2. The number of H-pyrrole nitrogens is 1. The summed E-state index contributed by atoms with van der Waals surface area (Å²) in [4.78, 5) is 33.5. The lowest BCUT2D eigenvalue weighted by atomic mass is 10.1. The second-order valence-electron chi connectivity index (χ2n) is 6.47. The lowest BCUT2D eigenvalue weighted by Crippen LogP contribution is -2.31. The summed E-state index contributed by atoms with van der Waals surface area (Å²) < 4.78 is 26.3. The Morgan fingerprint density at radius 2 is 2.00 bits per heavy atom. The number of amides is 1. The Hall–Kier alpha value is -2.46. The second-order valence-corrected chi connectivity index (χ2v) is 7.55. The van der Waals surface area contributed by atoms with E-state index in [1.807, 2.05) is 0 Å². The second kappa shape index (κ2) is 9.16. The molecule has 1 amide bonds. The molecule has 7 nitrogen and oxygen atoms in total. The summed E-state index contributed by atoms with van der Waals surface area (Å²) in [5.41, 5.74) is 4.84. The molecule has 0 saturated carbocycles. The molecule has 1 fully saturated rings. The summed E-state index contributed by atoms with van der Waals surface area (Å²) in [7, 11) is 0. The molecule has 1 aliphatic rings. The average molecular weight is 409 g/mol. The van der Waals surface area contributed by atoms with Crippen LogP contribution in [0.3, 0.4) is 0 Å². The predicted octanol–water partition coefficient (Wildman–Crippen LogP) is 2.46. The van der Waals surface area contributed by atoms with Crippen LogP contribution < -0.4 is 16.6 Å². The van der Waals surface area contributed by atoms with Crippen LogP contribution in [-0.2, 0) is 0 Å². The number of anilines is 2. The van der Waals surface area contributed by atoms with Gasteiger partial charge in [-0.15, -0.1) is 0 Å². The number of piperidine rings is 1. The van der Waals surface area contributed by atoms with Crippen molar-refractivity contribution >= 4 is 29.2 Å².